The maximum Gasteiger partial charge on any atom is 0.336 e. The number of hydrogen-bond donors (Lipinski definition) is 1. The Bertz CT molecular complexity index is 601. The van der Waals surface area contributed by atoms with Crippen molar-refractivity contribution in [3.05, 3.63) is 28.2 Å². The van der Waals surface area contributed by atoms with Crippen molar-refractivity contribution in [1.82, 2.24) is 4.90 Å². The van der Waals surface area contributed by atoms with Crippen molar-refractivity contribution in [2.45, 2.75) is 30.7 Å². The van der Waals surface area contributed by atoms with E-state index in [9.17, 15) is 13.8 Å². The Hall–Kier alpha value is -1.21. The largest absolute Gasteiger partial charge is 0.478 e. The molecule has 21 heavy (non-hydrogen) atoms. The summed E-state index contributed by atoms with van der Waals surface area (Å²) in [4.78, 5) is 25.3. The molecule has 1 unspecified atom stereocenters. The Labute approximate surface area is 133 Å². The lowest BCUT2D eigenvalue weighted by Gasteiger charge is -2.20. The zero-order valence-corrected chi connectivity index (χ0v) is 13.9. The first-order valence-corrected chi connectivity index (χ1v) is 8.76. The molecule has 0 spiro atoms. The molecule has 1 N–H and O–H groups in total. The van der Waals surface area contributed by atoms with Crippen molar-refractivity contribution in [3.8, 4) is 0 Å². The maximum atomic E-state index is 12.3. The van der Waals surface area contributed by atoms with Crippen LogP contribution in [-0.4, -0.2) is 44.4 Å². The van der Waals surface area contributed by atoms with Crippen molar-refractivity contribution in [1.29, 1.82) is 0 Å². The molecule has 1 aromatic carbocycles. The number of amides is 1. The SMILES string of the molecule is CCN(C(=O)CS(=O)c1ccc(Br)c(C(=O)O)c1)C1CC1. The van der Waals surface area contributed by atoms with Crippen LogP contribution in [0.15, 0.2) is 27.6 Å². The molecule has 1 aromatic rings. The summed E-state index contributed by atoms with van der Waals surface area (Å²) in [5.41, 5.74) is 0.0443. The van der Waals surface area contributed by atoms with Gasteiger partial charge in [-0.15, -0.1) is 0 Å². The molecule has 1 aliphatic carbocycles. The van der Waals surface area contributed by atoms with E-state index in [1.165, 1.54) is 6.07 Å². The number of carbonyl (C=O) groups is 2. The molecule has 1 saturated carbocycles. The molecule has 1 aliphatic rings. The predicted octanol–water partition coefficient (Wildman–Crippen LogP) is 2.27. The van der Waals surface area contributed by atoms with Gasteiger partial charge in [0.05, 0.1) is 16.4 Å². The number of nitrogens with zero attached hydrogens (tertiary/aromatic N) is 1. The van der Waals surface area contributed by atoms with Crippen molar-refractivity contribution >= 4 is 38.6 Å². The Morgan fingerprint density at radius 2 is 2.10 bits per heavy atom. The Balaban J connectivity index is 2.11. The van der Waals surface area contributed by atoms with Gasteiger partial charge in [-0.3, -0.25) is 9.00 Å². The minimum absolute atomic E-state index is 0.0443. The highest BCUT2D eigenvalue weighted by atomic mass is 79.9. The number of carboxylic acids is 1. The summed E-state index contributed by atoms with van der Waals surface area (Å²) in [6, 6.07) is 4.76. The first-order chi connectivity index (χ1) is 9.93. The summed E-state index contributed by atoms with van der Waals surface area (Å²) < 4.78 is 12.7. The van der Waals surface area contributed by atoms with Gasteiger partial charge in [0.2, 0.25) is 5.91 Å². The molecule has 0 heterocycles. The van der Waals surface area contributed by atoms with Crippen LogP contribution in [0.3, 0.4) is 0 Å². The number of benzene rings is 1. The average Bonchev–Trinajstić information content (AvgIpc) is 3.24. The van der Waals surface area contributed by atoms with E-state index in [-0.39, 0.29) is 17.2 Å². The second-order valence-corrected chi connectivity index (χ2v) is 7.15. The first-order valence-electron chi connectivity index (χ1n) is 6.64. The number of rotatable bonds is 6. The van der Waals surface area contributed by atoms with Gasteiger partial charge in [0, 0.05) is 22.0 Å². The third-order valence-electron chi connectivity index (χ3n) is 3.33. The van der Waals surface area contributed by atoms with E-state index in [1.807, 2.05) is 6.92 Å². The van der Waals surface area contributed by atoms with Crippen molar-refractivity contribution in [2.75, 3.05) is 12.3 Å². The smallest absolute Gasteiger partial charge is 0.336 e. The lowest BCUT2D eigenvalue weighted by atomic mass is 10.2. The van der Waals surface area contributed by atoms with Gasteiger partial charge in [-0.05, 0) is 53.9 Å². The fourth-order valence-corrected chi connectivity index (χ4v) is 3.55. The predicted molar refractivity (Wildman–Crippen MR) is 82.8 cm³/mol. The molecule has 1 atom stereocenters. The van der Waals surface area contributed by atoms with Crippen LogP contribution in [0.25, 0.3) is 0 Å². The van der Waals surface area contributed by atoms with Gasteiger partial charge >= 0.3 is 5.97 Å². The van der Waals surface area contributed by atoms with E-state index >= 15 is 0 Å². The van der Waals surface area contributed by atoms with Crippen LogP contribution in [0.5, 0.6) is 0 Å². The summed E-state index contributed by atoms with van der Waals surface area (Å²) in [6.45, 7) is 2.52. The summed E-state index contributed by atoms with van der Waals surface area (Å²) in [6.07, 6.45) is 2.02. The summed E-state index contributed by atoms with van der Waals surface area (Å²) >= 11 is 3.14. The van der Waals surface area contributed by atoms with Crippen LogP contribution in [0.4, 0.5) is 0 Å². The molecule has 0 bridgehead atoms. The van der Waals surface area contributed by atoms with Crippen molar-refractivity contribution in [2.24, 2.45) is 0 Å². The lowest BCUT2D eigenvalue weighted by molar-refractivity contribution is -0.128. The Morgan fingerprint density at radius 3 is 2.62 bits per heavy atom. The highest BCUT2D eigenvalue weighted by Gasteiger charge is 2.32. The van der Waals surface area contributed by atoms with Crippen LogP contribution >= 0.6 is 15.9 Å². The first kappa shape index (κ1) is 16.2. The molecular weight excluding hydrogens is 358 g/mol. The van der Waals surface area contributed by atoms with E-state index < -0.39 is 16.8 Å². The van der Waals surface area contributed by atoms with Gasteiger partial charge in [-0.1, -0.05) is 0 Å². The van der Waals surface area contributed by atoms with Gasteiger partial charge in [0.15, 0.2) is 0 Å². The molecule has 0 aliphatic heterocycles. The van der Waals surface area contributed by atoms with E-state index in [2.05, 4.69) is 15.9 Å². The second-order valence-electron chi connectivity index (χ2n) is 4.85. The fourth-order valence-electron chi connectivity index (χ4n) is 2.11. The lowest BCUT2D eigenvalue weighted by Crippen LogP contribution is -2.36. The van der Waals surface area contributed by atoms with Gasteiger partial charge in [-0.2, -0.15) is 0 Å². The molecular formula is C14H16BrNO4S. The fraction of sp³-hybridized carbons (Fsp3) is 0.429. The normalized spacial score (nSPS) is 15.5. The quantitative estimate of drug-likeness (QED) is 0.829. The number of carboxylic acid groups (broad SMARTS) is 1. The summed E-state index contributed by atoms with van der Waals surface area (Å²) in [5, 5.41) is 9.06. The highest BCUT2D eigenvalue weighted by Crippen LogP contribution is 2.27. The maximum absolute atomic E-state index is 12.3. The highest BCUT2D eigenvalue weighted by molar-refractivity contribution is 9.10. The summed E-state index contributed by atoms with van der Waals surface area (Å²) in [5.74, 6) is -1.34. The van der Waals surface area contributed by atoms with Gasteiger partial charge in [0.25, 0.3) is 0 Å². The molecule has 1 amide bonds. The average molecular weight is 374 g/mol. The Morgan fingerprint density at radius 1 is 1.43 bits per heavy atom. The number of carbonyl (C=O) groups excluding carboxylic acids is 1. The van der Waals surface area contributed by atoms with Crippen molar-refractivity contribution < 1.29 is 18.9 Å². The third-order valence-corrected chi connectivity index (χ3v) is 5.31. The van der Waals surface area contributed by atoms with Crippen molar-refractivity contribution in [3.63, 3.8) is 0 Å². The van der Waals surface area contributed by atoms with Crippen LogP contribution < -0.4 is 0 Å². The van der Waals surface area contributed by atoms with Gasteiger partial charge in [-0.25, -0.2) is 4.79 Å². The topological polar surface area (TPSA) is 74.7 Å². The molecule has 7 heteroatoms. The van der Waals surface area contributed by atoms with E-state index in [0.717, 1.165) is 12.8 Å². The van der Waals surface area contributed by atoms with Crippen LogP contribution in [0.1, 0.15) is 30.1 Å². The minimum Gasteiger partial charge on any atom is -0.478 e. The van der Waals surface area contributed by atoms with Gasteiger partial charge < -0.3 is 10.0 Å². The molecule has 5 nitrogen and oxygen atoms in total. The second kappa shape index (κ2) is 6.70. The number of hydrogen-bond acceptors (Lipinski definition) is 3. The molecule has 1 fully saturated rings. The van der Waals surface area contributed by atoms with Gasteiger partial charge in [0.1, 0.15) is 5.75 Å². The molecule has 0 saturated heterocycles. The van der Waals surface area contributed by atoms with Crippen LogP contribution in [-0.2, 0) is 15.6 Å². The molecule has 114 valence electrons. The molecule has 0 aromatic heterocycles. The molecule has 0 radical (unpaired) electrons. The Kier molecular flexibility index (Phi) is 5.16. The van der Waals surface area contributed by atoms with E-state index in [1.54, 1.807) is 17.0 Å². The minimum atomic E-state index is -1.53. The standard InChI is InChI=1S/C14H16BrNO4S/c1-2-16(9-3-4-9)13(17)8-21(20)10-5-6-12(15)11(7-10)14(18)19/h5-7,9H,2-4,8H2,1H3,(H,18,19). The summed E-state index contributed by atoms with van der Waals surface area (Å²) in [7, 11) is -1.53. The van der Waals surface area contributed by atoms with E-state index in [4.69, 9.17) is 5.11 Å². The zero-order valence-electron chi connectivity index (χ0n) is 11.5. The third kappa shape index (κ3) is 3.91. The monoisotopic (exact) mass is 373 g/mol. The number of halogens is 1. The zero-order chi connectivity index (χ0) is 15.6. The number of aromatic carboxylic acids is 1. The molecule has 2 rings (SSSR count). The van der Waals surface area contributed by atoms with E-state index in [0.29, 0.717) is 22.0 Å². The van der Waals surface area contributed by atoms with Crippen LogP contribution in [0.2, 0.25) is 0 Å². The van der Waals surface area contributed by atoms with Crippen LogP contribution in [0, 0.1) is 0 Å².